The number of aromatic nitrogens is 1. The van der Waals surface area contributed by atoms with E-state index in [0.717, 1.165) is 22.5 Å². The van der Waals surface area contributed by atoms with Crippen molar-refractivity contribution in [3.63, 3.8) is 0 Å². The van der Waals surface area contributed by atoms with Crippen molar-refractivity contribution >= 4 is 23.2 Å². The van der Waals surface area contributed by atoms with Crippen LogP contribution in [0.25, 0.3) is 22.9 Å². The molecule has 2 aliphatic heterocycles. The molecule has 0 spiro atoms. The fraction of sp³-hybridized carbons (Fsp3) is 0. The summed E-state index contributed by atoms with van der Waals surface area (Å²) in [7, 11) is 0. The molecule has 0 bridgehead atoms. The Hall–Kier alpha value is -3.14. The first-order valence-corrected chi connectivity index (χ1v) is 6.97. The van der Waals surface area contributed by atoms with Gasteiger partial charge in [0.15, 0.2) is 0 Å². The van der Waals surface area contributed by atoms with Crippen LogP contribution in [0.5, 0.6) is 0 Å². The average Bonchev–Trinajstić information content (AvgIpc) is 2.86. The minimum Gasteiger partial charge on any atom is -0.321 e. The van der Waals surface area contributed by atoms with Crippen LogP contribution in [0.4, 0.5) is 5.69 Å². The fourth-order valence-corrected chi connectivity index (χ4v) is 2.77. The highest BCUT2D eigenvalue weighted by Crippen LogP contribution is 2.33. The minimum atomic E-state index is -0.189. The van der Waals surface area contributed by atoms with Gasteiger partial charge in [0.05, 0.1) is 0 Å². The third-order valence-corrected chi connectivity index (χ3v) is 3.82. The molecule has 2 N–H and O–H groups in total. The third kappa shape index (κ3) is 1.85. The second-order valence-corrected chi connectivity index (χ2v) is 5.16. The van der Waals surface area contributed by atoms with Gasteiger partial charge in [-0.2, -0.15) is 0 Å². The molecular formula is C18H12N2O2. The number of fused-ring (bicyclic) bond motifs is 2. The van der Waals surface area contributed by atoms with E-state index < -0.39 is 0 Å². The maximum atomic E-state index is 12.2. The molecule has 106 valence electrons. The van der Waals surface area contributed by atoms with Crippen LogP contribution < -0.4 is 10.9 Å². The Balaban J connectivity index is 1.94. The summed E-state index contributed by atoms with van der Waals surface area (Å²) in [6.07, 6.45) is 1.67. The molecule has 4 rings (SSSR count). The van der Waals surface area contributed by atoms with Gasteiger partial charge >= 0.3 is 0 Å². The Morgan fingerprint density at radius 2 is 1.55 bits per heavy atom. The highest BCUT2D eigenvalue weighted by Gasteiger charge is 2.24. The zero-order chi connectivity index (χ0) is 15.1. The Morgan fingerprint density at radius 3 is 2.45 bits per heavy atom. The lowest BCUT2D eigenvalue weighted by atomic mass is 10.0. The summed E-state index contributed by atoms with van der Waals surface area (Å²) in [5.74, 6) is -0.185. The Kier molecular flexibility index (Phi) is 2.69. The van der Waals surface area contributed by atoms with Gasteiger partial charge in [0.2, 0.25) is 0 Å². The number of para-hydroxylation sites is 1. The second kappa shape index (κ2) is 4.70. The molecule has 1 aliphatic carbocycles. The summed E-state index contributed by atoms with van der Waals surface area (Å²) < 4.78 is 0. The van der Waals surface area contributed by atoms with Gasteiger partial charge in [-0.15, -0.1) is 0 Å². The predicted molar refractivity (Wildman–Crippen MR) is 86.6 cm³/mol. The van der Waals surface area contributed by atoms with Crippen LogP contribution >= 0.6 is 0 Å². The number of carbonyl (C=O) groups excluding carboxylic acids is 1. The minimum absolute atomic E-state index is 0.185. The number of carbonyl (C=O) groups is 1. The lowest BCUT2D eigenvalue weighted by Crippen LogP contribution is -2.05. The van der Waals surface area contributed by atoms with Crippen LogP contribution in [0.2, 0.25) is 0 Å². The van der Waals surface area contributed by atoms with Crippen molar-refractivity contribution in [2.75, 3.05) is 5.32 Å². The van der Waals surface area contributed by atoms with Crippen LogP contribution in [0.1, 0.15) is 11.1 Å². The van der Waals surface area contributed by atoms with E-state index in [0.29, 0.717) is 11.1 Å². The maximum absolute atomic E-state index is 12.2. The Labute approximate surface area is 126 Å². The summed E-state index contributed by atoms with van der Waals surface area (Å²) in [6, 6.07) is 16.8. The molecule has 0 saturated carbocycles. The van der Waals surface area contributed by atoms with Gasteiger partial charge in [-0.1, -0.05) is 42.5 Å². The lowest BCUT2D eigenvalue weighted by molar-refractivity contribution is -0.110. The fourth-order valence-electron chi connectivity index (χ4n) is 2.77. The lowest BCUT2D eigenvalue weighted by Gasteiger charge is -1.97. The van der Waals surface area contributed by atoms with E-state index >= 15 is 0 Å². The smallest absolute Gasteiger partial charge is 0.256 e. The van der Waals surface area contributed by atoms with Crippen LogP contribution in [-0.4, -0.2) is 10.9 Å². The van der Waals surface area contributed by atoms with E-state index in [9.17, 15) is 9.59 Å². The Bertz CT molecular complexity index is 953. The van der Waals surface area contributed by atoms with Gasteiger partial charge in [0.25, 0.3) is 11.5 Å². The maximum Gasteiger partial charge on any atom is 0.256 e. The molecule has 3 aliphatic rings. The first-order valence-electron chi connectivity index (χ1n) is 6.97. The summed E-state index contributed by atoms with van der Waals surface area (Å²) >= 11 is 0. The molecule has 0 aromatic heterocycles. The van der Waals surface area contributed by atoms with E-state index in [-0.39, 0.29) is 11.5 Å². The molecule has 0 fully saturated rings. The molecule has 0 saturated heterocycles. The van der Waals surface area contributed by atoms with Crippen LogP contribution in [0, 0.1) is 0 Å². The molecule has 0 unspecified atom stereocenters. The standard InChI is InChI=1S/C18H12N2O2/c21-17-13(11-6-2-1-3-8-15(11)19-17)10-14-12-7-4-5-9-16(12)20-18(14)22/h1-10H,(H,19,21)(H,20,22). The highest BCUT2D eigenvalue weighted by molar-refractivity contribution is 6.35. The molecule has 1 aromatic rings. The predicted octanol–water partition coefficient (Wildman–Crippen LogP) is 2.97. The largest absolute Gasteiger partial charge is 0.321 e. The number of H-pyrrole nitrogens is 1. The zero-order valence-electron chi connectivity index (χ0n) is 11.6. The number of anilines is 1. The average molecular weight is 288 g/mol. The first kappa shape index (κ1) is 12.6. The number of aromatic amines is 1. The topological polar surface area (TPSA) is 62.0 Å². The van der Waals surface area contributed by atoms with Crippen LogP contribution in [0.15, 0.2) is 59.4 Å². The van der Waals surface area contributed by atoms with E-state index in [1.54, 1.807) is 6.08 Å². The van der Waals surface area contributed by atoms with E-state index in [1.165, 1.54) is 0 Å². The third-order valence-electron chi connectivity index (χ3n) is 3.82. The van der Waals surface area contributed by atoms with Gasteiger partial charge in [-0.3, -0.25) is 9.59 Å². The van der Waals surface area contributed by atoms with Crippen molar-refractivity contribution < 1.29 is 4.79 Å². The van der Waals surface area contributed by atoms with Crippen molar-refractivity contribution in [2.45, 2.75) is 0 Å². The summed E-state index contributed by atoms with van der Waals surface area (Å²) in [5.41, 5.74) is 3.99. The molecule has 0 radical (unpaired) electrons. The molecule has 2 heterocycles. The quantitative estimate of drug-likeness (QED) is 0.676. The first-order chi connectivity index (χ1) is 10.7. The number of hydrogen-bond acceptors (Lipinski definition) is 2. The number of amides is 1. The van der Waals surface area contributed by atoms with Crippen molar-refractivity contribution in [2.24, 2.45) is 0 Å². The van der Waals surface area contributed by atoms with Crippen molar-refractivity contribution in [1.29, 1.82) is 0 Å². The highest BCUT2D eigenvalue weighted by atomic mass is 16.2. The van der Waals surface area contributed by atoms with Crippen molar-refractivity contribution in [3.8, 4) is 11.3 Å². The van der Waals surface area contributed by atoms with Crippen LogP contribution in [0.3, 0.4) is 0 Å². The Morgan fingerprint density at radius 1 is 0.818 bits per heavy atom. The van der Waals surface area contributed by atoms with Gasteiger partial charge in [-0.05, 0) is 18.2 Å². The van der Waals surface area contributed by atoms with Gasteiger partial charge < -0.3 is 10.3 Å². The number of benzene rings is 1. The number of hydrogen-bond donors (Lipinski definition) is 2. The van der Waals surface area contributed by atoms with Crippen LogP contribution in [-0.2, 0) is 4.79 Å². The number of nitrogens with one attached hydrogen (secondary N) is 2. The summed E-state index contributed by atoms with van der Waals surface area (Å²) in [4.78, 5) is 27.2. The van der Waals surface area contributed by atoms with Crippen molar-refractivity contribution in [1.82, 2.24) is 4.98 Å². The van der Waals surface area contributed by atoms with E-state index in [2.05, 4.69) is 10.3 Å². The summed E-state index contributed by atoms with van der Waals surface area (Å²) in [6.45, 7) is 0. The molecule has 4 heteroatoms. The second-order valence-electron chi connectivity index (χ2n) is 5.16. The zero-order valence-corrected chi connectivity index (χ0v) is 11.6. The van der Waals surface area contributed by atoms with E-state index in [1.807, 2.05) is 54.6 Å². The molecular weight excluding hydrogens is 276 g/mol. The number of rotatable bonds is 1. The van der Waals surface area contributed by atoms with Gasteiger partial charge in [-0.25, -0.2) is 0 Å². The van der Waals surface area contributed by atoms with Crippen molar-refractivity contribution in [3.05, 3.63) is 76.1 Å². The van der Waals surface area contributed by atoms with Gasteiger partial charge in [0.1, 0.15) is 0 Å². The van der Waals surface area contributed by atoms with E-state index in [4.69, 9.17) is 0 Å². The molecule has 22 heavy (non-hydrogen) atoms. The molecule has 0 atom stereocenters. The monoisotopic (exact) mass is 288 g/mol. The molecule has 1 amide bonds. The molecule has 1 aromatic carbocycles. The SMILES string of the molecule is O=C1Nc2ccccc2C1=Cc1c2cccccc-2[nH]c1=O. The normalized spacial score (nSPS) is 15.1. The summed E-state index contributed by atoms with van der Waals surface area (Å²) in [5, 5.41) is 2.81. The van der Waals surface area contributed by atoms with Gasteiger partial charge in [0, 0.05) is 33.6 Å². The molecule has 4 nitrogen and oxygen atoms in total.